The third-order valence-electron chi connectivity index (χ3n) is 0. The van der Waals surface area contributed by atoms with Crippen LogP contribution in [0.5, 0.6) is 0 Å². The van der Waals surface area contributed by atoms with E-state index in [1.54, 1.807) is 0 Å². The van der Waals surface area contributed by atoms with Gasteiger partial charge in [0.05, 0.1) is 0 Å². The van der Waals surface area contributed by atoms with Crippen LogP contribution >= 0.6 is 0 Å². The summed E-state index contributed by atoms with van der Waals surface area (Å²) in [6.45, 7) is 0. The van der Waals surface area contributed by atoms with Crippen molar-refractivity contribution >= 4 is 75.5 Å². The summed E-state index contributed by atoms with van der Waals surface area (Å²) in [6, 6.07) is 0. The van der Waals surface area contributed by atoms with Crippen molar-refractivity contribution in [2.24, 2.45) is 0 Å². The van der Waals surface area contributed by atoms with Gasteiger partial charge in [0, 0.05) is 34.1 Å². The number of hydrogen-bond acceptors (Lipinski definition) is 0. The molecule has 0 unspecified atom stereocenters. The Morgan fingerprint density at radius 1 is 0.500 bits per heavy atom. The molecule has 0 aliphatic rings. The third kappa shape index (κ3) is 9.12. The molecular formula is H4Ca2Fe2. The summed E-state index contributed by atoms with van der Waals surface area (Å²) < 4.78 is 0. The van der Waals surface area contributed by atoms with Gasteiger partial charge in [-0.15, -0.1) is 0 Å². The van der Waals surface area contributed by atoms with Gasteiger partial charge < -0.3 is 0 Å². The van der Waals surface area contributed by atoms with Crippen molar-refractivity contribution in [2.75, 3.05) is 0 Å². The Morgan fingerprint density at radius 3 is 0.500 bits per heavy atom. The molecule has 4 heteroatoms. The molecular weight excluding hydrogens is 192 g/mol. The minimum atomic E-state index is 0. The fraction of sp³-hybridized carbons (Fsp3) is 0. The molecule has 0 rings (SSSR count). The van der Waals surface area contributed by atoms with Crippen molar-refractivity contribution in [3.8, 4) is 0 Å². The largest absolute Gasteiger partial charge is 0 e. The van der Waals surface area contributed by atoms with Crippen molar-refractivity contribution in [2.45, 2.75) is 0 Å². The smallest absolute Gasteiger partial charge is 0 e. The Kier molecular flexibility index (Phi) is 103. The van der Waals surface area contributed by atoms with Gasteiger partial charge in [-0.1, -0.05) is 0 Å². The van der Waals surface area contributed by atoms with Gasteiger partial charge in [-0.3, -0.25) is 0 Å². The molecule has 0 aromatic rings. The van der Waals surface area contributed by atoms with Crippen LogP contribution in [-0.4, -0.2) is 75.5 Å². The molecule has 0 saturated heterocycles. The van der Waals surface area contributed by atoms with Gasteiger partial charge in [0.15, 0.2) is 0 Å². The Hall–Kier alpha value is 3.56. The Labute approximate surface area is 107 Å². The van der Waals surface area contributed by atoms with E-state index in [0.29, 0.717) is 0 Å². The fourth-order valence-electron chi connectivity index (χ4n) is 0. The number of hydrogen-bond donors (Lipinski definition) is 0. The van der Waals surface area contributed by atoms with Crippen LogP contribution in [0.2, 0.25) is 0 Å². The predicted molar refractivity (Wildman–Crippen MR) is 17.1 cm³/mol. The van der Waals surface area contributed by atoms with Crippen LogP contribution in [0, 0.1) is 0 Å². The van der Waals surface area contributed by atoms with Gasteiger partial charge >= 0.3 is 75.5 Å². The average molecular weight is 196 g/mol. The first-order chi connectivity index (χ1) is 0. The van der Waals surface area contributed by atoms with E-state index in [2.05, 4.69) is 0 Å². The van der Waals surface area contributed by atoms with E-state index < -0.39 is 0 Å². The molecule has 0 bridgehead atoms. The van der Waals surface area contributed by atoms with Crippen LogP contribution in [-0.2, 0) is 34.1 Å². The summed E-state index contributed by atoms with van der Waals surface area (Å²) >= 11 is 0. The van der Waals surface area contributed by atoms with Crippen molar-refractivity contribution in [3.05, 3.63) is 0 Å². The van der Waals surface area contributed by atoms with E-state index in [-0.39, 0.29) is 110 Å². The minimum Gasteiger partial charge on any atom is 0 e. The molecule has 0 spiro atoms. The van der Waals surface area contributed by atoms with Crippen LogP contribution < -0.4 is 0 Å². The van der Waals surface area contributed by atoms with Gasteiger partial charge in [0.2, 0.25) is 0 Å². The monoisotopic (exact) mass is 196 g/mol. The zero-order valence-electron chi connectivity index (χ0n) is 0.707. The Morgan fingerprint density at radius 2 is 0.500 bits per heavy atom. The number of rotatable bonds is 0. The summed E-state index contributed by atoms with van der Waals surface area (Å²) in [5.41, 5.74) is 0. The van der Waals surface area contributed by atoms with Crippen LogP contribution in [0.4, 0.5) is 0 Å². The maximum atomic E-state index is 0. The summed E-state index contributed by atoms with van der Waals surface area (Å²) in [7, 11) is 0. The molecule has 0 N–H and O–H groups in total. The normalized spacial score (nSPS) is 0. The molecule has 0 aromatic heterocycles. The summed E-state index contributed by atoms with van der Waals surface area (Å²) in [5, 5.41) is 0. The molecule has 24 valence electrons. The molecule has 0 heterocycles. The van der Waals surface area contributed by atoms with Gasteiger partial charge in [-0.05, 0) is 0 Å². The van der Waals surface area contributed by atoms with Crippen LogP contribution in [0.25, 0.3) is 0 Å². The maximum Gasteiger partial charge on any atom is 0 e. The molecule has 0 aliphatic carbocycles. The molecule has 0 fully saturated rings. The molecule has 0 atom stereocenters. The van der Waals surface area contributed by atoms with Gasteiger partial charge in [0.25, 0.3) is 0 Å². The topological polar surface area (TPSA) is 0 Å². The molecule has 0 radical (unpaired) electrons. The molecule has 0 saturated carbocycles. The predicted octanol–water partition coefficient (Wildman–Crippen LogP) is -1.84. The first-order valence-electron chi connectivity index (χ1n) is 0. The second-order valence-corrected chi connectivity index (χ2v) is 0. The molecule has 0 nitrogen and oxygen atoms in total. The van der Waals surface area contributed by atoms with Gasteiger partial charge in [-0.2, -0.15) is 0 Å². The first kappa shape index (κ1) is 25.7. The SMILES string of the molecule is [CaH2].[CaH2].[Fe].[Fe]. The minimum absolute atomic E-state index is 0. The van der Waals surface area contributed by atoms with Gasteiger partial charge in [0.1, 0.15) is 0 Å². The van der Waals surface area contributed by atoms with Crippen molar-refractivity contribution < 1.29 is 34.1 Å². The summed E-state index contributed by atoms with van der Waals surface area (Å²) in [5.74, 6) is 0. The second kappa shape index (κ2) is 16.0. The van der Waals surface area contributed by atoms with Crippen molar-refractivity contribution in [1.82, 2.24) is 0 Å². The molecule has 0 amide bonds. The van der Waals surface area contributed by atoms with E-state index in [0.717, 1.165) is 0 Å². The molecule has 0 aliphatic heterocycles. The van der Waals surface area contributed by atoms with E-state index in [4.69, 9.17) is 0 Å². The maximum absolute atomic E-state index is 0. The van der Waals surface area contributed by atoms with Crippen molar-refractivity contribution in [1.29, 1.82) is 0 Å². The van der Waals surface area contributed by atoms with E-state index in [1.165, 1.54) is 0 Å². The van der Waals surface area contributed by atoms with Crippen LogP contribution in [0.1, 0.15) is 0 Å². The zero-order chi connectivity index (χ0) is 0. The van der Waals surface area contributed by atoms with Crippen molar-refractivity contribution in [3.63, 3.8) is 0 Å². The van der Waals surface area contributed by atoms with Crippen LogP contribution in [0.15, 0.2) is 0 Å². The second-order valence-electron chi connectivity index (χ2n) is 0. The first-order valence-corrected chi connectivity index (χ1v) is 0. The Balaban J connectivity index is 0. The quantitative estimate of drug-likeness (QED) is 0.399. The standard InChI is InChI=1S/2Ca.2Fe.4H. The van der Waals surface area contributed by atoms with Crippen LogP contribution in [0.3, 0.4) is 0 Å². The van der Waals surface area contributed by atoms with E-state index >= 15 is 0 Å². The zero-order valence-corrected chi connectivity index (χ0v) is 2.92. The fourth-order valence-corrected chi connectivity index (χ4v) is 0. The summed E-state index contributed by atoms with van der Waals surface area (Å²) in [6.07, 6.45) is 0. The summed E-state index contributed by atoms with van der Waals surface area (Å²) in [4.78, 5) is 0. The van der Waals surface area contributed by atoms with E-state index in [1.807, 2.05) is 0 Å². The molecule has 0 aromatic carbocycles. The Bertz CT molecular complexity index is 4.00. The third-order valence-corrected chi connectivity index (χ3v) is 0. The average Bonchev–Trinajstić information content (AvgIpc) is 0. The van der Waals surface area contributed by atoms with E-state index in [9.17, 15) is 0 Å². The van der Waals surface area contributed by atoms with Gasteiger partial charge in [-0.25, -0.2) is 0 Å². The molecule has 4 heavy (non-hydrogen) atoms.